The van der Waals surface area contributed by atoms with Crippen LogP contribution in [0.1, 0.15) is 28.7 Å². The van der Waals surface area contributed by atoms with Crippen LogP contribution in [-0.4, -0.2) is 44.1 Å². The van der Waals surface area contributed by atoms with Gasteiger partial charge >= 0.3 is 12.1 Å². The van der Waals surface area contributed by atoms with Gasteiger partial charge in [-0.15, -0.1) is 0 Å². The summed E-state index contributed by atoms with van der Waals surface area (Å²) >= 11 is 0. The van der Waals surface area contributed by atoms with E-state index in [0.717, 1.165) is 22.3 Å². The van der Waals surface area contributed by atoms with Crippen molar-refractivity contribution in [2.75, 3.05) is 20.8 Å². The molecule has 0 radical (unpaired) electrons. The van der Waals surface area contributed by atoms with Crippen molar-refractivity contribution in [3.8, 4) is 28.4 Å². The topological polar surface area (TPSA) is 103 Å². The van der Waals surface area contributed by atoms with E-state index in [0.29, 0.717) is 22.8 Å². The Morgan fingerprint density at radius 2 is 1.43 bits per heavy atom. The zero-order chi connectivity index (χ0) is 28.1. The first-order chi connectivity index (χ1) is 19.5. The van der Waals surface area contributed by atoms with Crippen molar-refractivity contribution in [1.82, 2.24) is 5.32 Å². The molecule has 0 spiro atoms. The van der Waals surface area contributed by atoms with Gasteiger partial charge in [0.05, 0.1) is 14.2 Å². The van der Waals surface area contributed by atoms with Crippen molar-refractivity contribution < 1.29 is 33.6 Å². The second kappa shape index (κ2) is 11.8. The Hall–Kier alpha value is -4.98. The van der Waals surface area contributed by atoms with Gasteiger partial charge in [-0.2, -0.15) is 0 Å². The number of hydrogen-bond acceptors (Lipinski definition) is 6. The molecule has 0 aromatic heterocycles. The number of carboxylic acid groups (broad SMARTS) is 1. The third-order valence-electron chi connectivity index (χ3n) is 6.95. The summed E-state index contributed by atoms with van der Waals surface area (Å²) in [6.07, 6.45) is -2.28. The summed E-state index contributed by atoms with van der Waals surface area (Å²) in [6.45, 7) is 0.0730. The molecule has 4 aromatic rings. The first-order valence-corrected chi connectivity index (χ1v) is 12.8. The maximum Gasteiger partial charge on any atom is 0.407 e. The zero-order valence-corrected chi connectivity index (χ0v) is 22.1. The molecule has 1 aliphatic carbocycles. The number of benzene rings is 4. The van der Waals surface area contributed by atoms with Gasteiger partial charge in [-0.3, -0.25) is 0 Å². The number of rotatable bonds is 10. The van der Waals surface area contributed by atoms with E-state index in [-0.39, 0.29) is 12.5 Å². The van der Waals surface area contributed by atoms with Crippen LogP contribution < -0.4 is 19.5 Å². The fourth-order valence-electron chi connectivity index (χ4n) is 5.07. The third kappa shape index (κ3) is 5.42. The minimum Gasteiger partial charge on any atom is -0.497 e. The number of para-hydroxylation sites is 1. The van der Waals surface area contributed by atoms with Gasteiger partial charge in [0.1, 0.15) is 29.9 Å². The number of carbonyl (C=O) groups excluding carboxylic acids is 1. The van der Waals surface area contributed by atoms with Gasteiger partial charge in [0.15, 0.2) is 0 Å². The van der Waals surface area contributed by atoms with Crippen molar-refractivity contribution in [2.45, 2.75) is 18.1 Å². The van der Waals surface area contributed by atoms with Gasteiger partial charge in [-0.25, -0.2) is 9.59 Å². The van der Waals surface area contributed by atoms with Crippen LogP contribution in [0.3, 0.4) is 0 Å². The van der Waals surface area contributed by atoms with Crippen LogP contribution in [0.25, 0.3) is 11.1 Å². The zero-order valence-electron chi connectivity index (χ0n) is 22.1. The normalized spacial score (nSPS) is 13.3. The van der Waals surface area contributed by atoms with Gasteiger partial charge in [0.2, 0.25) is 6.10 Å². The fourth-order valence-corrected chi connectivity index (χ4v) is 5.07. The second-order valence-electron chi connectivity index (χ2n) is 9.25. The molecule has 2 atom stereocenters. The lowest BCUT2D eigenvalue weighted by molar-refractivity contribution is -0.146. The van der Waals surface area contributed by atoms with E-state index in [2.05, 4.69) is 17.4 Å². The molecular weight excluding hydrogens is 510 g/mol. The highest BCUT2D eigenvalue weighted by atomic mass is 16.6. The van der Waals surface area contributed by atoms with Crippen molar-refractivity contribution >= 4 is 12.1 Å². The number of amides is 1. The molecule has 1 amide bonds. The molecule has 8 nitrogen and oxygen atoms in total. The van der Waals surface area contributed by atoms with Crippen LogP contribution >= 0.6 is 0 Å². The van der Waals surface area contributed by atoms with Crippen LogP contribution in [0, 0.1) is 0 Å². The first kappa shape index (κ1) is 26.6. The molecule has 0 bridgehead atoms. The number of hydrogen-bond donors (Lipinski definition) is 2. The van der Waals surface area contributed by atoms with Crippen LogP contribution in [0.2, 0.25) is 0 Å². The number of alkyl carbamates (subject to hydrolysis) is 1. The van der Waals surface area contributed by atoms with Crippen molar-refractivity contribution in [2.24, 2.45) is 0 Å². The number of carbonyl (C=O) groups is 2. The van der Waals surface area contributed by atoms with Gasteiger partial charge in [0, 0.05) is 17.5 Å². The Morgan fingerprint density at radius 3 is 2.02 bits per heavy atom. The Kier molecular flexibility index (Phi) is 7.87. The maximum atomic E-state index is 13.3. The highest BCUT2D eigenvalue weighted by Gasteiger charge is 2.36. The smallest absolute Gasteiger partial charge is 0.407 e. The number of methoxy groups -OCH3 is 2. The molecular formula is C32H29NO7. The molecule has 4 aromatic carbocycles. The summed E-state index contributed by atoms with van der Waals surface area (Å²) in [5.41, 5.74) is 4.74. The van der Waals surface area contributed by atoms with Gasteiger partial charge < -0.3 is 29.4 Å². The summed E-state index contributed by atoms with van der Waals surface area (Å²) in [5, 5.41) is 12.9. The van der Waals surface area contributed by atoms with Gasteiger partial charge in [-0.1, -0.05) is 66.7 Å². The van der Waals surface area contributed by atoms with Crippen LogP contribution in [0.5, 0.6) is 17.2 Å². The molecule has 0 unspecified atom stereocenters. The molecule has 0 saturated heterocycles. The molecule has 40 heavy (non-hydrogen) atoms. The Bertz CT molecular complexity index is 1460. The lowest BCUT2D eigenvalue weighted by atomic mass is 9.98. The van der Waals surface area contributed by atoms with E-state index in [4.69, 9.17) is 18.9 Å². The van der Waals surface area contributed by atoms with Crippen LogP contribution in [0.4, 0.5) is 4.79 Å². The van der Waals surface area contributed by atoms with E-state index in [1.807, 2.05) is 36.4 Å². The van der Waals surface area contributed by atoms with E-state index in [1.54, 1.807) is 48.5 Å². The van der Waals surface area contributed by atoms with Crippen LogP contribution in [-0.2, 0) is 9.53 Å². The quantitative estimate of drug-likeness (QED) is 0.262. The summed E-state index contributed by atoms with van der Waals surface area (Å²) in [4.78, 5) is 25.7. The van der Waals surface area contributed by atoms with E-state index in [1.165, 1.54) is 14.2 Å². The minimum absolute atomic E-state index is 0.0730. The summed E-state index contributed by atoms with van der Waals surface area (Å²) < 4.78 is 22.4. The van der Waals surface area contributed by atoms with Gasteiger partial charge in [-0.05, 0) is 46.5 Å². The number of carboxylic acids is 1. The predicted octanol–water partition coefficient (Wildman–Crippen LogP) is 5.82. The van der Waals surface area contributed by atoms with E-state index >= 15 is 0 Å². The molecule has 0 saturated carbocycles. The Morgan fingerprint density at radius 1 is 0.800 bits per heavy atom. The van der Waals surface area contributed by atoms with Crippen molar-refractivity contribution in [1.29, 1.82) is 0 Å². The minimum atomic E-state index is -1.50. The van der Waals surface area contributed by atoms with E-state index in [9.17, 15) is 14.7 Å². The summed E-state index contributed by atoms with van der Waals surface area (Å²) in [5.74, 6) is -0.252. The predicted molar refractivity (Wildman–Crippen MR) is 149 cm³/mol. The number of ether oxygens (including phenoxy) is 4. The average molecular weight is 540 g/mol. The maximum absolute atomic E-state index is 13.3. The largest absolute Gasteiger partial charge is 0.497 e. The molecule has 1 aliphatic rings. The molecule has 8 heteroatoms. The standard InChI is InChI=1S/C32H29NO7/c1-37-21-16-17-26(28(18-21)38-2)29(30(31(34)35)40-20-10-4-3-5-11-20)33-32(36)39-19-27-24-14-8-6-12-22(24)23-13-7-9-15-25(23)27/h3-18,27,29-30H,19H2,1-2H3,(H,33,36)(H,34,35)/t29-,30+/m0/s1. The molecule has 204 valence electrons. The number of aliphatic carboxylic acids is 1. The Balaban J connectivity index is 1.42. The van der Waals surface area contributed by atoms with Crippen LogP contribution in [0.15, 0.2) is 97.1 Å². The molecule has 0 heterocycles. The highest BCUT2D eigenvalue weighted by Crippen LogP contribution is 2.44. The summed E-state index contributed by atoms with van der Waals surface area (Å²) in [7, 11) is 2.97. The van der Waals surface area contributed by atoms with Crippen molar-refractivity contribution in [3.05, 3.63) is 114 Å². The fraction of sp³-hybridized carbons (Fsp3) is 0.188. The average Bonchev–Trinajstić information content (AvgIpc) is 3.31. The van der Waals surface area contributed by atoms with Crippen molar-refractivity contribution in [3.63, 3.8) is 0 Å². The Labute approximate surface area is 232 Å². The van der Waals surface area contributed by atoms with E-state index < -0.39 is 24.2 Å². The monoisotopic (exact) mass is 539 g/mol. The highest BCUT2D eigenvalue weighted by molar-refractivity contribution is 5.79. The first-order valence-electron chi connectivity index (χ1n) is 12.8. The molecule has 5 rings (SSSR count). The molecule has 2 N–H and O–H groups in total. The lowest BCUT2D eigenvalue weighted by Crippen LogP contribution is -2.44. The summed E-state index contributed by atoms with van der Waals surface area (Å²) in [6, 6.07) is 28.3. The molecule has 0 aliphatic heterocycles. The number of fused-ring (bicyclic) bond motifs is 3. The lowest BCUT2D eigenvalue weighted by Gasteiger charge is -2.27. The SMILES string of the molecule is COc1ccc([C@H](NC(=O)OCC2c3ccccc3-c3ccccc32)[C@@H](Oc2ccccc2)C(=O)O)c(OC)c1. The molecule has 0 fully saturated rings. The third-order valence-corrected chi connectivity index (χ3v) is 6.95. The number of nitrogens with one attached hydrogen (secondary N) is 1. The van der Waals surface area contributed by atoms with Gasteiger partial charge in [0.25, 0.3) is 0 Å². The second-order valence-corrected chi connectivity index (χ2v) is 9.25.